The molecule has 2 atom stereocenters. The Morgan fingerprint density at radius 3 is 2.38 bits per heavy atom. The van der Waals surface area contributed by atoms with Crippen LogP contribution < -0.4 is 5.32 Å². The minimum absolute atomic E-state index is 0. The molecule has 0 aliphatic carbocycles. The van der Waals surface area contributed by atoms with E-state index in [1.54, 1.807) is 24.5 Å². The third-order valence-corrected chi connectivity index (χ3v) is 4.69. The number of hydrogen-bond acceptors (Lipinski definition) is 4. The molecule has 1 fully saturated rings. The number of nitrogens with one attached hydrogen (secondary N) is 1. The van der Waals surface area contributed by atoms with Crippen molar-refractivity contribution in [1.82, 2.24) is 15.2 Å². The van der Waals surface area contributed by atoms with E-state index in [4.69, 9.17) is 0 Å². The Morgan fingerprint density at radius 2 is 1.77 bits per heavy atom. The van der Waals surface area contributed by atoms with Crippen LogP contribution in [-0.4, -0.2) is 46.6 Å². The largest absolute Gasteiger partial charge is 0.386 e. The van der Waals surface area contributed by atoms with E-state index in [-0.39, 0.29) is 30.7 Å². The van der Waals surface area contributed by atoms with Crippen LogP contribution >= 0.6 is 24.8 Å². The number of aliphatic hydroxyl groups is 1. The molecule has 1 aliphatic rings. The highest BCUT2D eigenvalue weighted by atomic mass is 35.5. The van der Waals surface area contributed by atoms with Crippen LogP contribution in [-0.2, 0) is 4.79 Å². The number of aromatic nitrogens is 1. The quantitative estimate of drug-likeness (QED) is 0.584. The molecule has 0 bridgehead atoms. The Morgan fingerprint density at radius 1 is 1.15 bits per heavy atom. The van der Waals surface area contributed by atoms with E-state index in [2.05, 4.69) is 17.2 Å². The minimum Gasteiger partial charge on any atom is -0.386 e. The highest BCUT2D eigenvalue weighted by Crippen LogP contribution is 2.20. The van der Waals surface area contributed by atoms with E-state index >= 15 is 0 Å². The van der Waals surface area contributed by atoms with E-state index in [0.29, 0.717) is 0 Å². The molecule has 1 aromatic heterocycles. The Hall–Kier alpha value is -0.880. The van der Waals surface area contributed by atoms with Gasteiger partial charge < -0.3 is 15.3 Å². The van der Waals surface area contributed by atoms with Crippen LogP contribution in [0.2, 0.25) is 0 Å². The average molecular weight is 406 g/mol. The van der Waals surface area contributed by atoms with Gasteiger partial charge in [-0.25, -0.2) is 0 Å². The lowest BCUT2D eigenvalue weighted by molar-refractivity contribution is -0.135. The van der Waals surface area contributed by atoms with Crippen molar-refractivity contribution in [2.75, 3.05) is 19.6 Å². The summed E-state index contributed by atoms with van der Waals surface area (Å²) in [5.74, 6) is 0.0189. The zero-order chi connectivity index (χ0) is 17.2. The second-order valence-electron chi connectivity index (χ2n) is 6.60. The monoisotopic (exact) mass is 405 g/mol. The maximum atomic E-state index is 12.8. The Kier molecular flexibility index (Phi) is 13.7. The summed E-state index contributed by atoms with van der Waals surface area (Å²) in [5.41, 5.74) is 0.737. The molecule has 0 radical (unpaired) electrons. The molecule has 0 spiro atoms. The van der Waals surface area contributed by atoms with Gasteiger partial charge in [-0.2, -0.15) is 0 Å². The van der Waals surface area contributed by atoms with Crippen LogP contribution in [0.5, 0.6) is 0 Å². The molecule has 2 N–H and O–H groups in total. The second kappa shape index (κ2) is 14.2. The normalized spacial score (nSPS) is 15.7. The number of pyridine rings is 1. The van der Waals surface area contributed by atoms with Gasteiger partial charge in [-0.1, -0.05) is 32.6 Å². The van der Waals surface area contributed by atoms with Gasteiger partial charge in [-0.15, -0.1) is 24.8 Å². The van der Waals surface area contributed by atoms with Crippen molar-refractivity contribution >= 4 is 30.7 Å². The van der Waals surface area contributed by atoms with Gasteiger partial charge >= 0.3 is 0 Å². The zero-order valence-corrected chi connectivity index (χ0v) is 17.2. The van der Waals surface area contributed by atoms with Gasteiger partial charge in [0.15, 0.2) is 0 Å². The number of likely N-dealkylation sites (tertiary alicyclic amines) is 1. The number of unbranched alkanes of at least 4 members (excludes halogenated alkanes) is 4. The summed E-state index contributed by atoms with van der Waals surface area (Å²) in [6, 6.07) is 2.98. The van der Waals surface area contributed by atoms with Crippen LogP contribution in [0.3, 0.4) is 0 Å². The van der Waals surface area contributed by atoms with Crippen molar-refractivity contribution in [2.24, 2.45) is 0 Å². The zero-order valence-electron chi connectivity index (χ0n) is 15.6. The maximum Gasteiger partial charge on any atom is 0.242 e. The molecule has 5 nitrogen and oxygen atoms in total. The van der Waals surface area contributed by atoms with E-state index in [9.17, 15) is 9.90 Å². The summed E-state index contributed by atoms with van der Waals surface area (Å²) in [6.45, 7) is 4.57. The number of rotatable bonds is 10. The predicted octanol–water partition coefficient (Wildman–Crippen LogP) is 3.51. The lowest BCUT2D eigenvalue weighted by atomic mass is 10.0. The van der Waals surface area contributed by atoms with E-state index in [1.807, 2.05) is 4.90 Å². The highest BCUT2D eigenvalue weighted by Gasteiger charge is 2.32. The number of aliphatic hydroxyl groups excluding tert-OH is 1. The van der Waals surface area contributed by atoms with Crippen molar-refractivity contribution < 1.29 is 9.90 Å². The topological polar surface area (TPSA) is 65.5 Å². The van der Waals surface area contributed by atoms with Crippen LogP contribution in [0.25, 0.3) is 0 Å². The van der Waals surface area contributed by atoms with Gasteiger partial charge in [0, 0.05) is 25.5 Å². The van der Waals surface area contributed by atoms with Gasteiger partial charge in [0.1, 0.15) is 12.1 Å². The number of hydrogen-bond donors (Lipinski definition) is 2. The number of carbonyl (C=O) groups is 1. The summed E-state index contributed by atoms with van der Waals surface area (Å²) in [5, 5.41) is 14.0. The second-order valence-corrected chi connectivity index (χ2v) is 6.60. The molecule has 0 aromatic carbocycles. The first-order valence-corrected chi connectivity index (χ1v) is 9.34. The van der Waals surface area contributed by atoms with Crippen molar-refractivity contribution in [2.45, 2.75) is 64.0 Å². The number of carbonyl (C=O) groups excluding carboxylic acids is 1. The summed E-state index contributed by atoms with van der Waals surface area (Å²) < 4.78 is 0. The standard InChI is InChI=1S/C19H31N3O2.2ClH/c1-2-3-4-5-6-11-21-17(19(24)22-14-7-8-15-22)18(23)16-9-12-20-13-10-16;;/h9-10,12-13,17-18,21,23H,2-8,11,14-15H2,1H3;2*1H/t17-,18+;;/m1../s1. The lowest BCUT2D eigenvalue weighted by Crippen LogP contribution is -2.49. The van der Waals surface area contributed by atoms with Gasteiger partial charge in [0.2, 0.25) is 5.91 Å². The van der Waals surface area contributed by atoms with Crippen LogP contribution in [0.4, 0.5) is 0 Å². The molecule has 2 heterocycles. The molecule has 1 amide bonds. The molecule has 2 rings (SSSR count). The molecular formula is C19H33Cl2N3O2. The average Bonchev–Trinajstić information content (AvgIpc) is 3.15. The van der Waals surface area contributed by atoms with E-state index < -0.39 is 12.1 Å². The summed E-state index contributed by atoms with van der Waals surface area (Å²) in [4.78, 5) is 18.7. The first kappa shape index (κ1) is 25.1. The number of halogens is 2. The molecule has 1 saturated heterocycles. The predicted molar refractivity (Wildman–Crippen MR) is 110 cm³/mol. The Labute approximate surface area is 169 Å². The lowest BCUT2D eigenvalue weighted by Gasteiger charge is -2.28. The molecule has 26 heavy (non-hydrogen) atoms. The SMILES string of the molecule is CCCCCCCN[C@@H](C(=O)N1CCCC1)[C@@H](O)c1ccncc1.Cl.Cl. The van der Waals surface area contributed by atoms with Gasteiger partial charge in [0.05, 0.1) is 0 Å². The van der Waals surface area contributed by atoms with E-state index in [0.717, 1.165) is 50.9 Å². The molecule has 1 aliphatic heterocycles. The molecule has 7 heteroatoms. The molecule has 1 aromatic rings. The molecular weight excluding hydrogens is 373 g/mol. The smallest absolute Gasteiger partial charge is 0.242 e. The Bertz CT molecular complexity index is 485. The van der Waals surface area contributed by atoms with E-state index in [1.165, 1.54) is 19.3 Å². The Balaban J connectivity index is 0.00000312. The third kappa shape index (κ3) is 7.78. The summed E-state index contributed by atoms with van der Waals surface area (Å²) in [6.07, 6.45) is 10.5. The molecule has 0 saturated carbocycles. The fourth-order valence-corrected chi connectivity index (χ4v) is 3.21. The fourth-order valence-electron chi connectivity index (χ4n) is 3.21. The first-order chi connectivity index (χ1) is 11.7. The molecule has 150 valence electrons. The molecule has 0 unspecified atom stereocenters. The number of amides is 1. The van der Waals surface area contributed by atoms with Crippen molar-refractivity contribution in [3.8, 4) is 0 Å². The van der Waals surface area contributed by atoms with Crippen molar-refractivity contribution in [3.63, 3.8) is 0 Å². The maximum absolute atomic E-state index is 12.8. The van der Waals surface area contributed by atoms with Crippen LogP contribution in [0.1, 0.15) is 63.5 Å². The highest BCUT2D eigenvalue weighted by molar-refractivity contribution is 5.85. The summed E-state index contributed by atoms with van der Waals surface area (Å²) in [7, 11) is 0. The number of nitrogens with zero attached hydrogens (tertiary/aromatic N) is 2. The van der Waals surface area contributed by atoms with Gasteiger partial charge in [0.25, 0.3) is 0 Å². The van der Waals surface area contributed by atoms with Crippen LogP contribution in [0.15, 0.2) is 24.5 Å². The third-order valence-electron chi connectivity index (χ3n) is 4.69. The van der Waals surface area contributed by atoms with Gasteiger partial charge in [-0.05, 0) is 43.5 Å². The van der Waals surface area contributed by atoms with Crippen molar-refractivity contribution in [1.29, 1.82) is 0 Å². The minimum atomic E-state index is -0.836. The fraction of sp³-hybridized carbons (Fsp3) is 0.684. The van der Waals surface area contributed by atoms with Gasteiger partial charge in [-0.3, -0.25) is 9.78 Å². The first-order valence-electron chi connectivity index (χ1n) is 9.34. The summed E-state index contributed by atoms with van der Waals surface area (Å²) >= 11 is 0. The van der Waals surface area contributed by atoms with Crippen molar-refractivity contribution in [3.05, 3.63) is 30.1 Å². The van der Waals surface area contributed by atoms with Crippen LogP contribution in [0, 0.1) is 0 Å².